The number of amides is 2. The van der Waals surface area contributed by atoms with E-state index >= 15 is 0 Å². The lowest BCUT2D eigenvalue weighted by molar-refractivity contribution is -0.132. The van der Waals surface area contributed by atoms with E-state index in [0.717, 1.165) is 25.9 Å². The van der Waals surface area contributed by atoms with Crippen LogP contribution in [-0.4, -0.2) is 42.4 Å². The van der Waals surface area contributed by atoms with Crippen LogP contribution in [0.4, 0.5) is 0 Å². The molecule has 5 nitrogen and oxygen atoms in total. The molecule has 2 atom stereocenters. The molecule has 1 aliphatic rings. The highest BCUT2D eigenvalue weighted by molar-refractivity contribution is 5.94. The maximum Gasteiger partial charge on any atom is 0.251 e. The SMILES string of the molecule is CC(N)C1CCCN(C(=O)CCNC(=O)c2ccc(C(C)(C)C)cc2)C1. The molecule has 1 aromatic rings. The molecule has 2 rings (SSSR count). The molecular formula is C21H33N3O2. The molecule has 144 valence electrons. The third-order valence-electron chi connectivity index (χ3n) is 5.19. The number of piperidine rings is 1. The number of carbonyl (C=O) groups excluding carboxylic acids is 2. The summed E-state index contributed by atoms with van der Waals surface area (Å²) in [6, 6.07) is 7.77. The van der Waals surface area contributed by atoms with E-state index in [1.807, 2.05) is 36.1 Å². The first-order chi connectivity index (χ1) is 12.2. The number of rotatable bonds is 5. The summed E-state index contributed by atoms with van der Waals surface area (Å²) in [6.45, 7) is 10.3. The number of nitrogens with two attached hydrogens (primary N) is 1. The zero-order valence-corrected chi connectivity index (χ0v) is 16.5. The summed E-state index contributed by atoms with van der Waals surface area (Å²) in [5.41, 5.74) is 7.86. The molecule has 3 N–H and O–H groups in total. The summed E-state index contributed by atoms with van der Waals surface area (Å²) < 4.78 is 0. The lowest BCUT2D eigenvalue weighted by Crippen LogP contribution is -2.45. The van der Waals surface area contributed by atoms with Gasteiger partial charge in [0.1, 0.15) is 0 Å². The van der Waals surface area contributed by atoms with E-state index in [9.17, 15) is 9.59 Å². The lowest BCUT2D eigenvalue weighted by Gasteiger charge is -2.34. The number of nitrogens with one attached hydrogen (secondary N) is 1. The Bertz CT molecular complexity index is 617. The second-order valence-corrected chi connectivity index (χ2v) is 8.43. The predicted octanol–water partition coefficient (Wildman–Crippen LogP) is 2.69. The van der Waals surface area contributed by atoms with Gasteiger partial charge in [-0.3, -0.25) is 9.59 Å². The Balaban J connectivity index is 1.80. The molecule has 5 heteroatoms. The van der Waals surface area contributed by atoms with Gasteiger partial charge in [-0.1, -0.05) is 32.9 Å². The van der Waals surface area contributed by atoms with Crippen molar-refractivity contribution in [2.75, 3.05) is 19.6 Å². The van der Waals surface area contributed by atoms with Crippen LogP contribution in [0.1, 0.15) is 62.9 Å². The van der Waals surface area contributed by atoms with E-state index in [1.165, 1.54) is 5.56 Å². The van der Waals surface area contributed by atoms with Crippen molar-refractivity contribution < 1.29 is 9.59 Å². The van der Waals surface area contributed by atoms with E-state index in [-0.39, 0.29) is 23.3 Å². The normalized spacial score (nSPS) is 19.1. The Morgan fingerprint density at radius 2 is 1.92 bits per heavy atom. The molecule has 1 saturated heterocycles. The number of hydrogen-bond donors (Lipinski definition) is 2. The summed E-state index contributed by atoms with van der Waals surface area (Å²) in [5, 5.41) is 2.85. The third-order valence-corrected chi connectivity index (χ3v) is 5.19. The molecule has 0 spiro atoms. The monoisotopic (exact) mass is 359 g/mol. The first-order valence-corrected chi connectivity index (χ1v) is 9.60. The molecule has 1 fully saturated rings. The van der Waals surface area contributed by atoms with E-state index < -0.39 is 0 Å². The van der Waals surface area contributed by atoms with Gasteiger partial charge in [-0.2, -0.15) is 0 Å². The minimum atomic E-state index is -0.134. The largest absolute Gasteiger partial charge is 0.352 e. The van der Waals surface area contributed by atoms with E-state index in [2.05, 4.69) is 26.1 Å². The highest BCUT2D eigenvalue weighted by atomic mass is 16.2. The molecule has 0 saturated carbocycles. The second kappa shape index (κ2) is 8.67. The maximum absolute atomic E-state index is 12.4. The summed E-state index contributed by atoms with van der Waals surface area (Å²) in [6.07, 6.45) is 2.42. The van der Waals surface area contributed by atoms with Gasteiger partial charge >= 0.3 is 0 Å². The first-order valence-electron chi connectivity index (χ1n) is 9.60. The molecule has 0 aromatic heterocycles. The standard InChI is InChI=1S/C21H33N3O2/c1-15(22)17-6-5-13-24(14-17)19(25)11-12-23-20(26)16-7-9-18(10-8-16)21(2,3)4/h7-10,15,17H,5-6,11-14,22H2,1-4H3,(H,23,26). The van der Waals surface area contributed by atoms with Gasteiger partial charge in [0, 0.05) is 37.7 Å². The zero-order valence-electron chi connectivity index (χ0n) is 16.5. The fraction of sp³-hybridized carbons (Fsp3) is 0.619. The fourth-order valence-corrected chi connectivity index (χ4v) is 3.33. The zero-order chi connectivity index (χ0) is 19.3. The average Bonchev–Trinajstić information content (AvgIpc) is 2.61. The number of benzene rings is 1. The van der Waals surface area contributed by atoms with Gasteiger partial charge in [-0.25, -0.2) is 0 Å². The molecule has 1 aliphatic heterocycles. The van der Waals surface area contributed by atoms with Crippen molar-refractivity contribution in [1.82, 2.24) is 10.2 Å². The maximum atomic E-state index is 12.4. The molecule has 0 radical (unpaired) electrons. The van der Waals surface area contributed by atoms with Crippen molar-refractivity contribution in [2.45, 2.75) is 58.4 Å². The molecule has 2 unspecified atom stereocenters. The molecular weight excluding hydrogens is 326 g/mol. The van der Waals surface area contributed by atoms with Crippen LogP contribution in [0.3, 0.4) is 0 Å². The van der Waals surface area contributed by atoms with Crippen molar-refractivity contribution in [3.8, 4) is 0 Å². The van der Waals surface area contributed by atoms with Crippen LogP contribution in [0.25, 0.3) is 0 Å². The molecule has 0 bridgehead atoms. The Kier molecular flexibility index (Phi) is 6.81. The highest BCUT2D eigenvalue weighted by Gasteiger charge is 2.25. The van der Waals surface area contributed by atoms with Crippen molar-refractivity contribution in [2.24, 2.45) is 11.7 Å². The minimum Gasteiger partial charge on any atom is -0.352 e. The molecule has 26 heavy (non-hydrogen) atoms. The number of nitrogens with zero attached hydrogens (tertiary/aromatic N) is 1. The minimum absolute atomic E-state index is 0.0642. The molecule has 1 aromatic carbocycles. The van der Waals surface area contributed by atoms with Gasteiger partial charge in [-0.15, -0.1) is 0 Å². The van der Waals surface area contributed by atoms with Crippen LogP contribution in [0.5, 0.6) is 0 Å². The Morgan fingerprint density at radius 3 is 2.50 bits per heavy atom. The first kappa shape index (κ1) is 20.4. The van der Waals surface area contributed by atoms with Gasteiger partial charge in [0.15, 0.2) is 0 Å². The van der Waals surface area contributed by atoms with Gasteiger partial charge in [0.2, 0.25) is 5.91 Å². The van der Waals surface area contributed by atoms with E-state index in [4.69, 9.17) is 5.73 Å². The van der Waals surface area contributed by atoms with Crippen LogP contribution >= 0.6 is 0 Å². The Labute approximate surface area is 157 Å². The number of hydrogen-bond acceptors (Lipinski definition) is 3. The highest BCUT2D eigenvalue weighted by Crippen LogP contribution is 2.22. The van der Waals surface area contributed by atoms with Gasteiger partial charge in [0.05, 0.1) is 0 Å². The molecule has 1 heterocycles. The van der Waals surface area contributed by atoms with Crippen molar-refractivity contribution in [1.29, 1.82) is 0 Å². The summed E-state index contributed by atoms with van der Waals surface area (Å²) in [4.78, 5) is 26.5. The number of carbonyl (C=O) groups is 2. The third kappa shape index (κ3) is 5.56. The van der Waals surface area contributed by atoms with Gasteiger partial charge in [0.25, 0.3) is 5.91 Å². The van der Waals surface area contributed by atoms with Crippen LogP contribution < -0.4 is 11.1 Å². The van der Waals surface area contributed by atoms with Crippen molar-refractivity contribution >= 4 is 11.8 Å². The second-order valence-electron chi connectivity index (χ2n) is 8.43. The summed E-state index contributed by atoms with van der Waals surface area (Å²) >= 11 is 0. The summed E-state index contributed by atoms with van der Waals surface area (Å²) in [5.74, 6) is 0.340. The quantitative estimate of drug-likeness (QED) is 0.849. The fourth-order valence-electron chi connectivity index (χ4n) is 3.33. The topological polar surface area (TPSA) is 75.4 Å². The average molecular weight is 360 g/mol. The molecule has 0 aliphatic carbocycles. The van der Waals surface area contributed by atoms with Crippen molar-refractivity contribution in [3.05, 3.63) is 35.4 Å². The van der Waals surface area contributed by atoms with Crippen LogP contribution in [0.15, 0.2) is 24.3 Å². The van der Waals surface area contributed by atoms with E-state index in [0.29, 0.717) is 24.4 Å². The van der Waals surface area contributed by atoms with Gasteiger partial charge in [-0.05, 0) is 48.8 Å². The number of likely N-dealkylation sites (tertiary alicyclic amines) is 1. The van der Waals surface area contributed by atoms with Gasteiger partial charge < -0.3 is 16.0 Å². The lowest BCUT2D eigenvalue weighted by atomic mass is 9.87. The van der Waals surface area contributed by atoms with Crippen molar-refractivity contribution in [3.63, 3.8) is 0 Å². The summed E-state index contributed by atoms with van der Waals surface area (Å²) in [7, 11) is 0. The predicted molar refractivity (Wildman–Crippen MR) is 105 cm³/mol. The van der Waals surface area contributed by atoms with Crippen LogP contribution in [0, 0.1) is 5.92 Å². The van der Waals surface area contributed by atoms with E-state index in [1.54, 1.807) is 0 Å². The molecule has 2 amide bonds. The van der Waals surface area contributed by atoms with Crippen LogP contribution in [0.2, 0.25) is 0 Å². The Morgan fingerprint density at radius 1 is 1.27 bits per heavy atom. The Hall–Kier alpha value is -1.88. The smallest absolute Gasteiger partial charge is 0.251 e. The van der Waals surface area contributed by atoms with Crippen LogP contribution in [-0.2, 0) is 10.2 Å².